The Morgan fingerprint density at radius 2 is 1.91 bits per heavy atom. The van der Waals surface area contributed by atoms with Gasteiger partial charge in [-0.1, -0.05) is 12.1 Å². The van der Waals surface area contributed by atoms with Gasteiger partial charge >= 0.3 is 0 Å². The molecule has 108 valence electrons. The Labute approximate surface area is 125 Å². The third-order valence-corrected chi connectivity index (χ3v) is 3.64. The summed E-state index contributed by atoms with van der Waals surface area (Å²) in [6.07, 6.45) is 2.02. The van der Waals surface area contributed by atoms with E-state index in [9.17, 15) is 4.39 Å². The van der Waals surface area contributed by atoms with Crippen molar-refractivity contribution in [2.45, 2.75) is 6.54 Å². The number of tetrazole rings is 1. The smallest absolute Gasteiger partial charge is 0.204 e. The molecule has 2 heterocycles. The molecule has 0 saturated carbocycles. The predicted molar refractivity (Wildman–Crippen MR) is 80.6 cm³/mol. The fourth-order valence-electron chi connectivity index (χ4n) is 2.55. The monoisotopic (exact) mass is 293 g/mol. The van der Waals surface area contributed by atoms with E-state index < -0.39 is 0 Å². The molecule has 0 spiro atoms. The van der Waals surface area contributed by atoms with Gasteiger partial charge in [-0.05, 0) is 47.2 Å². The van der Waals surface area contributed by atoms with E-state index in [4.69, 9.17) is 0 Å². The van der Waals surface area contributed by atoms with Crippen LogP contribution in [0.25, 0.3) is 22.3 Å². The number of nitrogens with zero attached hydrogens (tertiary/aromatic N) is 4. The van der Waals surface area contributed by atoms with Crippen LogP contribution in [0.15, 0.2) is 54.7 Å². The van der Waals surface area contributed by atoms with Crippen molar-refractivity contribution in [3.05, 3.63) is 66.1 Å². The first-order valence-corrected chi connectivity index (χ1v) is 6.87. The summed E-state index contributed by atoms with van der Waals surface area (Å²) in [5.41, 5.74) is 3.08. The number of H-pyrrole nitrogens is 1. The van der Waals surface area contributed by atoms with Gasteiger partial charge in [0.05, 0.1) is 0 Å². The highest BCUT2D eigenvalue weighted by atomic mass is 19.1. The molecule has 4 rings (SSSR count). The summed E-state index contributed by atoms with van der Waals surface area (Å²) in [5, 5.41) is 15.1. The van der Waals surface area contributed by atoms with Crippen molar-refractivity contribution in [3.8, 4) is 11.4 Å². The van der Waals surface area contributed by atoms with Gasteiger partial charge < -0.3 is 4.57 Å². The number of rotatable bonds is 3. The van der Waals surface area contributed by atoms with Crippen LogP contribution in [0.4, 0.5) is 4.39 Å². The summed E-state index contributed by atoms with van der Waals surface area (Å²) in [5.74, 6) is 0.360. The maximum Gasteiger partial charge on any atom is 0.204 e. The second kappa shape index (κ2) is 5.07. The zero-order valence-corrected chi connectivity index (χ0v) is 11.6. The van der Waals surface area contributed by atoms with Crippen LogP contribution in [0.3, 0.4) is 0 Å². The van der Waals surface area contributed by atoms with Crippen molar-refractivity contribution in [2.75, 3.05) is 0 Å². The highest BCUT2D eigenvalue weighted by Crippen LogP contribution is 2.23. The van der Waals surface area contributed by atoms with E-state index >= 15 is 0 Å². The number of nitrogens with one attached hydrogen (secondary N) is 1. The minimum Gasteiger partial charge on any atom is -0.343 e. The maximum atomic E-state index is 13.0. The molecule has 0 aliphatic heterocycles. The van der Waals surface area contributed by atoms with E-state index in [0.717, 1.165) is 22.0 Å². The Balaban J connectivity index is 1.69. The Kier molecular flexibility index (Phi) is 2.93. The Hall–Kier alpha value is -3.02. The first-order valence-electron chi connectivity index (χ1n) is 6.87. The Morgan fingerprint density at radius 3 is 2.68 bits per heavy atom. The molecule has 4 aromatic rings. The number of hydrogen-bond donors (Lipinski definition) is 1. The highest BCUT2D eigenvalue weighted by molar-refractivity contribution is 5.84. The summed E-state index contributed by atoms with van der Waals surface area (Å²) < 4.78 is 15.1. The summed E-state index contributed by atoms with van der Waals surface area (Å²) in [4.78, 5) is 0. The Morgan fingerprint density at radius 1 is 1.05 bits per heavy atom. The molecule has 0 fully saturated rings. The molecule has 0 atom stereocenters. The lowest BCUT2D eigenvalue weighted by atomic mass is 10.1. The molecule has 5 nitrogen and oxygen atoms in total. The molecule has 0 aliphatic rings. The summed E-state index contributed by atoms with van der Waals surface area (Å²) in [6, 6.07) is 14.6. The molecule has 2 aromatic carbocycles. The van der Waals surface area contributed by atoms with Crippen molar-refractivity contribution < 1.29 is 4.39 Å². The van der Waals surface area contributed by atoms with Gasteiger partial charge in [-0.25, -0.2) is 4.39 Å². The van der Waals surface area contributed by atoms with Crippen LogP contribution in [0.1, 0.15) is 5.56 Å². The number of halogens is 1. The number of fused-ring (bicyclic) bond motifs is 1. The molecule has 0 saturated heterocycles. The quantitative estimate of drug-likeness (QED) is 0.631. The van der Waals surface area contributed by atoms with Gasteiger partial charge in [0.1, 0.15) is 5.82 Å². The molecule has 0 radical (unpaired) electrons. The van der Waals surface area contributed by atoms with Gasteiger partial charge in [0.2, 0.25) is 5.82 Å². The van der Waals surface area contributed by atoms with Crippen LogP contribution in [0, 0.1) is 5.82 Å². The minimum absolute atomic E-state index is 0.217. The maximum absolute atomic E-state index is 13.0. The molecule has 0 bridgehead atoms. The van der Waals surface area contributed by atoms with Gasteiger partial charge in [0.15, 0.2) is 0 Å². The first-order chi connectivity index (χ1) is 10.8. The van der Waals surface area contributed by atoms with Crippen LogP contribution in [0.5, 0.6) is 0 Å². The topological polar surface area (TPSA) is 59.4 Å². The van der Waals surface area contributed by atoms with E-state index in [-0.39, 0.29) is 5.82 Å². The normalized spacial score (nSPS) is 11.1. The average Bonchev–Trinajstić information content (AvgIpc) is 3.19. The molecule has 6 heteroatoms. The molecule has 0 aliphatic carbocycles. The van der Waals surface area contributed by atoms with Crippen LogP contribution < -0.4 is 0 Å². The first kappa shape index (κ1) is 12.7. The van der Waals surface area contributed by atoms with Gasteiger partial charge in [-0.3, -0.25) is 0 Å². The van der Waals surface area contributed by atoms with Crippen molar-refractivity contribution in [1.82, 2.24) is 25.2 Å². The SMILES string of the molecule is Fc1ccc(Cn2ccc3cc(-c4nn[nH]n4)ccc32)cc1. The lowest BCUT2D eigenvalue weighted by molar-refractivity contribution is 0.626. The molecular formula is C16H12FN5. The lowest BCUT2D eigenvalue weighted by Gasteiger charge is -2.06. The molecule has 2 aromatic heterocycles. The van der Waals surface area contributed by atoms with Gasteiger partial charge in [0.25, 0.3) is 0 Å². The zero-order valence-electron chi connectivity index (χ0n) is 11.6. The third kappa shape index (κ3) is 2.24. The fourth-order valence-corrected chi connectivity index (χ4v) is 2.55. The predicted octanol–water partition coefficient (Wildman–Crippen LogP) is 3.01. The van der Waals surface area contributed by atoms with E-state index in [1.165, 1.54) is 12.1 Å². The molecule has 22 heavy (non-hydrogen) atoms. The van der Waals surface area contributed by atoms with E-state index in [1.807, 2.05) is 30.5 Å². The second-order valence-corrected chi connectivity index (χ2v) is 5.08. The summed E-state index contributed by atoms with van der Waals surface area (Å²) in [6.45, 7) is 0.700. The number of aromatic nitrogens is 5. The van der Waals surface area contributed by atoms with Crippen LogP contribution in [-0.2, 0) is 6.54 Å². The third-order valence-electron chi connectivity index (χ3n) is 3.64. The number of benzene rings is 2. The van der Waals surface area contributed by atoms with Crippen LogP contribution in [-0.4, -0.2) is 25.2 Å². The van der Waals surface area contributed by atoms with Crippen molar-refractivity contribution >= 4 is 10.9 Å². The number of hydrogen-bond acceptors (Lipinski definition) is 3. The fraction of sp³-hybridized carbons (Fsp3) is 0.0625. The number of aromatic amines is 1. The Bertz CT molecular complexity index is 910. The highest BCUT2D eigenvalue weighted by Gasteiger charge is 2.07. The van der Waals surface area contributed by atoms with Gasteiger partial charge in [-0.15, -0.1) is 10.2 Å². The summed E-state index contributed by atoms with van der Waals surface area (Å²) >= 11 is 0. The standard InChI is InChI=1S/C16H12FN5/c17-14-4-1-11(2-5-14)10-22-8-7-12-9-13(3-6-15(12)22)16-18-20-21-19-16/h1-9H,10H2,(H,18,19,20,21). The largest absolute Gasteiger partial charge is 0.343 e. The lowest BCUT2D eigenvalue weighted by Crippen LogP contribution is -1.97. The van der Waals surface area contributed by atoms with E-state index in [2.05, 4.69) is 25.2 Å². The van der Waals surface area contributed by atoms with E-state index in [0.29, 0.717) is 12.4 Å². The van der Waals surface area contributed by atoms with E-state index in [1.54, 1.807) is 12.1 Å². The second-order valence-electron chi connectivity index (χ2n) is 5.08. The average molecular weight is 293 g/mol. The molecule has 0 amide bonds. The minimum atomic E-state index is -0.217. The van der Waals surface area contributed by atoms with Crippen LogP contribution in [0.2, 0.25) is 0 Å². The van der Waals surface area contributed by atoms with Gasteiger partial charge in [-0.2, -0.15) is 5.21 Å². The van der Waals surface area contributed by atoms with Crippen molar-refractivity contribution in [2.24, 2.45) is 0 Å². The molecular weight excluding hydrogens is 281 g/mol. The van der Waals surface area contributed by atoms with Gasteiger partial charge in [0, 0.05) is 29.2 Å². The van der Waals surface area contributed by atoms with Crippen molar-refractivity contribution in [1.29, 1.82) is 0 Å². The van der Waals surface area contributed by atoms with Crippen LogP contribution >= 0.6 is 0 Å². The summed E-state index contributed by atoms with van der Waals surface area (Å²) in [7, 11) is 0. The van der Waals surface area contributed by atoms with Crippen molar-refractivity contribution in [3.63, 3.8) is 0 Å². The zero-order chi connectivity index (χ0) is 14.9. The molecule has 0 unspecified atom stereocenters. The molecule has 1 N–H and O–H groups in total.